The minimum absolute atomic E-state index is 0.229. The molecule has 1 saturated heterocycles. The van der Waals surface area contributed by atoms with E-state index < -0.39 is 0 Å². The number of hydrogen-bond donors (Lipinski definition) is 1. The number of nitrogens with two attached hydrogens (primary N) is 1. The minimum Gasteiger partial charge on any atom is -0.397 e. The lowest BCUT2D eigenvalue weighted by molar-refractivity contribution is 0.0385. The molecule has 1 fully saturated rings. The van der Waals surface area contributed by atoms with Crippen molar-refractivity contribution >= 4 is 27.3 Å². The summed E-state index contributed by atoms with van der Waals surface area (Å²) in [5.41, 5.74) is 7.21. The summed E-state index contributed by atoms with van der Waals surface area (Å²) >= 11 is 3.19. The van der Waals surface area contributed by atoms with Gasteiger partial charge in [-0.05, 0) is 28.4 Å². The van der Waals surface area contributed by atoms with Gasteiger partial charge in [-0.3, -0.25) is 0 Å². The van der Waals surface area contributed by atoms with Gasteiger partial charge >= 0.3 is 0 Å². The van der Waals surface area contributed by atoms with Crippen LogP contribution in [0.5, 0.6) is 0 Å². The van der Waals surface area contributed by atoms with Crippen LogP contribution in [0, 0.1) is 5.82 Å². The average Bonchev–Trinajstić information content (AvgIpc) is 2.34. The second-order valence-corrected chi connectivity index (χ2v) is 5.03. The maximum Gasteiger partial charge on any atom is 0.139 e. The zero-order chi connectivity index (χ0) is 12.4. The third-order valence-corrected chi connectivity index (χ3v) is 3.61. The first-order chi connectivity index (χ1) is 8.11. The van der Waals surface area contributed by atoms with Crippen LogP contribution >= 0.6 is 15.9 Å². The molecular formula is C12H16BrFN2O. The standard InChI is InChI=1S/C12H16BrFN2O/c1-2-8-7-16(3-4-17-8)12-5-9(13)10(14)6-11(12)15/h5-6,8H,2-4,7,15H2,1H3. The number of benzene rings is 1. The second kappa shape index (κ2) is 5.23. The molecule has 3 nitrogen and oxygen atoms in total. The van der Waals surface area contributed by atoms with Crippen LogP contribution in [0.2, 0.25) is 0 Å². The fourth-order valence-corrected chi connectivity index (χ4v) is 2.34. The molecule has 0 aliphatic carbocycles. The van der Waals surface area contributed by atoms with Crippen LogP contribution in [0.25, 0.3) is 0 Å². The molecular weight excluding hydrogens is 287 g/mol. The van der Waals surface area contributed by atoms with Gasteiger partial charge in [-0.2, -0.15) is 0 Å². The van der Waals surface area contributed by atoms with Gasteiger partial charge in [0.2, 0.25) is 0 Å². The van der Waals surface area contributed by atoms with E-state index in [9.17, 15) is 4.39 Å². The molecule has 1 aromatic carbocycles. The molecule has 5 heteroatoms. The van der Waals surface area contributed by atoms with Gasteiger partial charge in [0.05, 0.1) is 28.6 Å². The molecule has 1 heterocycles. The molecule has 2 rings (SSSR count). The molecule has 94 valence electrons. The quantitative estimate of drug-likeness (QED) is 0.854. The van der Waals surface area contributed by atoms with E-state index in [0.29, 0.717) is 16.8 Å². The van der Waals surface area contributed by atoms with Gasteiger partial charge in [0.1, 0.15) is 5.82 Å². The Kier molecular flexibility index (Phi) is 3.89. The van der Waals surface area contributed by atoms with Crippen LogP contribution in [0.4, 0.5) is 15.8 Å². The number of anilines is 2. The Morgan fingerprint density at radius 2 is 2.35 bits per heavy atom. The fraction of sp³-hybridized carbons (Fsp3) is 0.500. The summed E-state index contributed by atoms with van der Waals surface area (Å²) in [7, 11) is 0. The molecule has 1 aliphatic rings. The number of rotatable bonds is 2. The summed E-state index contributed by atoms with van der Waals surface area (Å²) in [5.74, 6) is -0.327. The summed E-state index contributed by atoms with van der Waals surface area (Å²) < 4.78 is 19.3. The zero-order valence-electron chi connectivity index (χ0n) is 9.75. The summed E-state index contributed by atoms with van der Waals surface area (Å²) in [6, 6.07) is 3.10. The highest BCUT2D eigenvalue weighted by atomic mass is 79.9. The van der Waals surface area contributed by atoms with Gasteiger partial charge < -0.3 is 15.4 Å². The Bertz CT molecular complexity index is 414. The number of nitrogen functional groups attached to an aromatic ring is 1. The molecule has 1 atom stereocenters. The molecule has 0 radical (unpaired) electrons. The predicted molar refractivity (Wildman–Crippen MR) is 70.8 cm³/mol. The van der Waals surface area contributed by atoms with E-state index in [-0.39, 0.29) is 11.9 Å². The van der Waals surface area contributed by atoms with Gasteiger partial charge in [0, 0.05) is 19.2 Å². The number of hydrogen-bond acceptors (Lipinski definition) is 3. The molecule has 0 spiro atoms. The van der Waals surface area contributed by atoms with Gasteiger partial charge in [0.25, 0.3) is 0 Å². The fourth-order valence-electron chi connectivity index (χ4n) is 2.01. The molecule has 1 aromatic rings. The van der Waals surface area contributed by atoms with Gasteiger partial charge in [-0.15, -0.1) is 0 Å². The lowest BCUT2D eigenvalue weighted by Gasteiger charge is -2.34. The van der Waals surface area contributed by atoms with Crippen LogP contribution in [0.1, 0.15) is 13.3 Å². The maximum absolute atomic E-state index is 13.3. The first kappa shape index (κ1) is 12.6. The Hall–Kier alpha value is -0.810. The van der Waals surface area contributed by atoms with Crippen molar-refractivity contribution in [3.8, 4) is 0 Å². The molecule has 0 saturated carbocycles. The topological polar surface area (TPSA) is 38.5 Å². The summed E-state index contributed by atoms with van der Waals surface area (Å²) in [6.07, 6.45) is 1.20. The highest BCUT2D eigenvalue weighted by Gasteiger charge is 2.21. The molecule has 1 aliphatic heterocycles. The van der Waals surface area contributed by atoms with Crippen LogP contribution in [-0.4, -0.2) is 25.8 Å². The normalized spacial score (nSPS) is 20.6. The van der Waals surface area contributed by atoms with Crippen molar-refractivity contribution in [1.29, 1.82) is 0 Å². The van der Waals surface area contributed by atoms with Gasteiger partial charge in [-0.25, -0.2) is 4.39 Å². The average molecular weight is 303 g/mol. The smallest absolute Gasteiger partial charge is 0.139 e. The van der Waals surface area contributed by atoms with Gasteiger partial charge in [0.15, 0.2) is 0 Å². The van der Waals surface area contributed by atoms with E-state index in [0.717, 1.165) is 25.2 Å². The lowest BCUT2D eigenvalue weighted by Crippen LogP contribution is -2.42. The first-order valence-corrected chi connectivity index (χ1v) is 6.52. The monoisotopic (exact) mass is 302 g/mol. The number of morpholine rings is 1. The van der Waals surface area contributed by atoms with E-state index in [2.05, 4.69) is 27.8 Å². The number of halogens is 2. The molecule has 0 aromatic heterocycles. The third kappa shape index (κ3) is 2.72. The third-order valence-electron chi connectivity index (χ3n) is 3.00. The van der Waals surface area contributed by atoms with Crippen molar-refractivity contribution in [3.63, 3.8) is 0 Å². The molecule has 0 bridgehead atoms. The molecule has 17 heavy (non-hydrogen) atoms. The van der Waals surface area contributed by atoms with Crippen molar-refractivity contribution in [1.82, 2.24) is 0 Å². The predicted octanol–water partition coefficient (Wildman–Crippen LogP) is 2.79. The van der Waals surface area contributed by atoms with Crippen LogP contribution in [0.3, 0.4) is 0 Å². The minimum atomic E-state index is -0.327. The lowest BCUT2D eigenvalue weighted by atomic mass is 10.2. The van der Waals surface area contributed by atoms with E-state index >= 15 is 0 Å². The highest BCUT2D eigenvalue weighted by molar-refractivity contribution is 9.10. The van der Waals surface area contributed by atoms with Crippen LogP contribution in [-0.2, 0) is 4.74 Å². The van der Waals surface area contributed by atoms with Crippen molar-refractivity contribution < 1.29 is 9.13 Å². The molecule has 2 N–H and O–H groups in total. The Labute approximate surface area is 109 Å². The van der Waals surface area contributed by atoms with E-state index in [1.165, 1.54) is 6.07 Å². The van der Waals surface area contributed by atoms with E-state index in [4.69, 9.17) is 10.5 Å². The Balaban J connectivity index is 2.24. The Morgan fingerprint density at radius 1 is 1.59 bits per heavy atom. The second-order valence-electron chi connectivity index (χ2n) is 4.17. The summed E-state index contributed by atoms with van der Waals surface area (Å²) in [5, 5.41) is 0. The van der Waals surface area contributed by atoms with Crippen molar-refractivity contribution in [2.45, 2.75) is 19.4 Å². The Morgan fingerprint density at radius 3 is 3.06 bits per heavy atom. The van der Waals surface area contributed by atoms with Crippen molar-refractivity contribution in [2.75, 3.05) is 30.3 Å². The largest absolute Gasteiger partial charge is 0.397 e. The van der Waals surface area contributed by atoms with Gasteiger partial charge in [-0.1, -0.05) is 6.92 Å². The van der Waals surface area contributed by atoms with Crippen molar-refractivity contribution in [3.05, 3.63) is 22.4 Å². The first-order valence-electron chi connectivity index (χ1n) is 5.73. The summed E-state index contributed by atoms with van der Waals surface area (Å²) in [6.45, 7) is 4.38. The maximum atomic E-state index is 13.3. The highest BCUT2D eigenvalue weighted by Crippen LogP contribution is 2.31. The van der Waals surface area contributed by atoms with E-state index in [1.54, 1.807) is 6.07 Å². The zero-order valence-corrected chi connectivity index (χ0v) is 11.3. The van der Waals surface area contributed by atoms with Crippen LogP contribution in [0.15, 0.2) is 16.6 Å². The van der Waals surface area contributed by atoms with E-state index in [1.807, 2.05) is 0 Å². The SMILES string of the molecule is CCC1CN(c2cc(Br)c(F)cc2N)CCO1. The molecule has 1 unspecified atom stereocenters. The van der Waals surface area contributed by atoms with Crippen LogP contribution < -0.4 is 10.6 Å². The van der Waals surface area contributed by atoms with Crippen molar-refractivity contribution in [2.24, 2.45) is 0 Å². The number of ether oxygens (including phenoxy) is 1. The molecule has 0 amide bonds. The summed E-state index contributed by atoms with van der Waals surface area (Å²) in [4.78, 5) is 2.15. The number of nitrogens with zero attached hydrogens (tertiary/aromatic N) is 1.